The SMILES string of the molecule is COc1ccc(C(C)N(C)C(=O)c2ccc(-c3ccccc3)[nH]c2=O)cc1. The topological polar surface area (TPSA) is 62.4 Å². The number of nitrogens with one attached hydrogen (secondary N) is 1. The van der Waals surface area contributed by atoms with E-state index in [9.17, 15) is 9.59 Å². The molecule has 0 bridgehead atoms. The highest BCUT2D eigenvalue weighted by atomic mass is 16.5. The monoisotopic (exact) mass is 362 g/mol. The summed E-state index contributed by atoms with van der Waals surface area (Å²) in [5.41, 5.74) is 2.27. The van der Waals surface area contributed by atoms with Crippen LogP contribution in [0, 0.1) is 0 Å². The van der Waals surface area contributed by atoms with Crippen LogP contribution in [0.1, 0.15) is 28.9 Å². The van der Waals surface area contributed by atoms with Gasteiger partial charge in [-0.25, -0.2) is 0 Å². The van der Waals surface area contributed by atoms with Crippen LogP contribution in [0.2, 0.25) is 0 Å². The molecule has 0 fully saturated rings. The van der Waals surface area contributed by atoms with E-state index in [0.717, 1.165) is 16.9 Å². The number of nitrogens with zero attached hydrogens (tertiary/aromatic N) is 1. The number of hydrogen-bond acceptors (Lipinski definition) is 3. The van der Waals surface area contributed by atoms with Crippen molar-refractivity contribution >= 4 is 5.91 Å². The second-order valence-electron chi connectivity index (χ2n) is 6.35. The third-order valence-electron chi connectivity index (χ3n) is 4.72. The molecule has 5 heteroatoms. The van der Waals surface area contributed by atoms with E-state index in [0.29, 0.717) is 5.69 Å². The summed E-state index contributed by atoms with van der Waals surface area (Å²) >= 11 is 0. The summed E-state index contributed by atoms with van der Waals surface area (Å²) in [5, 5.41) is 0. The Kier molecular flexibility index (Phi) is 5.41. The summed E-state index contributed by atoms with van der Waals surface area (Å²) < 4.78 is 5.16. The van der Waals surface area contributed by atoms with Crippen LogP contribution in [0.25, 0.3) is 11.3 Å². The number of amides is 1. The Balaban J connectivity index is 1.83. The second-order valence-corrected chi connectivity index (χ2v) is 6.35. The molecular weight excluding hydrogens is 340 g/mol. The highest BCUT2D eigenvalue weighted by Crippen LogP contribution is 2.23. The molecule has 0 saturated carbocycles. The summed E-state index contributed by atoms with van der Waals surface area (Å²) in [7, 11) is 3.31. The van der Waals surface area contributed by atoms with Gasteiger partial charge in [-0.15, -0.1) is 0 Å². The Hall–Kier alpha value is -3.34. The molecule has 1 N–H and O–H groups in total. The fraction of sp³-hybridized carbons (Fsp3) is 0.182. The van der Waals surface area contributed by atoms with Gasteiger partial charge in [0.15, 0.2) is 0 Å². The van der Waals surface area contributed by atoms with E-state index in [1.807, 2.05) is 61.5 Å². The number of ether oxygens (including phenoxy) is 1. The lowest BCUT2D eigenvalue weighted by atomic mass is 10.1. The molecule has 1 amide bonds. The van der Waals surface area contributed by atoms with Gasteiger partial charge >= 0.3 is 0 Å². The van der Waals surface area contributed by atoms with E-state index in [-0.39, 0.29) is 17.5 Å². The maximum absolute atomic E-state index is 12.8. The van der Waals surface area contributed by atoms with Crippen LogP contribution in [0.4, 0.5) is 0 Å². The Morgan fingerprint density at radius 1 is 1.00 bits per heavy atom. The zero-order valence-corrected chi connectivity index (χ0v) is 15.6. The van der Waals surface area contributed by atoms with Crippen LogP contribution in [-0.4, -0.2) is 29.9 Å². The quantitative estimate of drug-likeness (QED) is 0.749. The van der Waals surface area contributed by atoms with Gasteiger partial charge in [-0.1, -0.05) is 42.5 Å². The number of carbonyl (C=O) groups is 1. The lowest BCUT2D eigenvalue weighted by Gasteiger charge is -2.25. The molecule has 1 heterocycles. The van der Waals surface area contributed by atoms with Crippen molar-refractivity contribution in [3.05, 3.63) is 88.2 Å². The molecule has 27 heavy (non-hydrogen) atoms. The maximum Gasteiger partial charge on any atom is 0.261 e. The Labute approximate surface area is 158 Å². The van der Waals surface area contributed by atoms with E-state index in [1.165, 1.54) is 0 Å². The van der Waals surface area contributed by atoms with Crippen molar-refractivity contribution in [3.8, 4) is 17.0 Å². The van der Waals surface area contributed by atoms with Crippen molar-refractivity contribution in [2.24, 2.45) is 0 Å². The maximum atomic E-state index is 12.8. The lowest BCUT2D eigenvalue weighted by molar-refractivity contribution is 0.0741. The van der Waals surface area contributed by atoms with Crippen molar-refractivity contribution in [2.75, 3.05) is 14.2 Å². The van der Waals surface area contributed by atoms with E-state index < -0.39 is 5.56 Å². The molecule has 3 aromatic rings. The molecule has 0 radical (unpaired) electrons. The normalized spacial score (nSPS) is 11.7. The molecular formula is C22H22N2O3. The van der Waals surface area contributed by atoms with Gasteiger partial charge in [0.2, 0.25) is 0 Å². The van der Waals surface area contributed by atoms with Crippen LogP contribution in [0.15, 0.2) is 71.5 Å². The lowest BCUT2D eigenvalue weighted by Crippen LogP contribution is -2.33. The van der Waals surface area contributed by atoms with Crippen LogP contribution in [0.5, 0.6) is 5.75 Å². The van der Waals surface area contributed by atoms with Crippen LogP contribution in [0.3, 0.4) is 0 Å². The summed E-state index contributed by atoms with van der Waals surface area (Å²) in [6.45, 7) is 1.92. The Morgan fingerprint density at radius 2 is 1.67 bits per heavy atom. The number of benzene rings is 2. The molecule has 138 valence electrons. The van der Waals surface area contributed by atoms with Gasteiger partial charge < -0.3 is 14.6 Å². The fourth-order valence-electron chi connectivity index (χ4n) is 2.90. The van der Waals surface area contributed by atoms with Gasteiger partial charge in [0.25, 0.3) is 11.5 Å². The van der Waals surface area contributed by atoms with Gasteiger partial charge in [-0.3, -0.25) is 9.59 Å². The predicted molar refractivity (Wildman–Crippen MR) is 106 cm³/mol. The smallest absolute Gasteiger partial charge is 0.261 e. The Bertz CT molecular complexity index is 978. The number of hydrogen-bond donors (Lipinski definition) is 1. The molecule has 2 aromatic carbocycles. The van der Waals surface area contributed by atoms with Crippen molar-refractivity contribution in [1.82, 2.24) is 9.88 Å². The van der Waals surface area contributed by atoms with Crippen LogP contribution < -0.4 is 10.3 Å². The first-order valence-corrected chi connectivity index (χ1v) is 8.71. The van der Waals surface area contributed by atoms with Crippen molar-refractivity contribution < 1.29 is 9.53 Å². The second kappa shape index (κ2) is 7.91. The molecule has 0 spiro atoms. The molecule has 5 nitrogen and oxygen atoms in total. The van der Waals surface area contributed by atoms with E-state index in [1.54, 1.807) is 31.2 Å². The van der Waals surface area contributed by atoms with Gasteiger partial charge in [0.1, 0.15) is 11.3 Å². The van der Waals surface area contributed by atoms with E-state index in [4.69, 9.17) is 4.74 Å². The molecule has 0 aliphatic rings. The third-order valence-corrected chi connectivity index (χ3v) is 4.72. The first kappa shape index (κ1) is 18.5. The summed E-state index contributed by atoms with van der Waals surface area (Å²) in [6, 6.07) is 20.2. The number of H-pyrrole nitrogens is 1. The average Bonchev–Trinajstić information content (AvgIpc) is 2.72. The first-order chi connectivity index (χ1) is 13.0. The molecule has 1 atom stereocenters. The summed E-state index contributed by atoms with van der Waals surface area (Å²) in [6.07, 6.45) is 0. The summed E-state index contributed by atoms with van der Waals surface area (Å²) in [5.74, 6) is 0.437. The number of methoxy groups -OCH3 is 1. The molecule has 1 aromatic heterocycles. The molecule has 1 unspecified atom stereocenters. The number of carbonyl (C=O) groups excluding carboxylic acids is 1. The molecule has 3 rings (SSSR count). The predicted octanol–water partition coefficient (Wildman–Crippen LogP) is 3.88. The number of pyridine rings is 1. The zero-order chi connectivity index (χ0) is 19.4. The minimum absolute atomic E-state index is 0.123. The van der Waals surface area contributed by atoms with Gasteiger partial charge in [0, 0.05) is 12.7 Å². The number of rotatable bonds is 5. The van der Waals surface area contributed by atoms with Crippen molar-refractivity contribution in [2.45, 2.75) is 13.0 Å². The number of aromatic nitrogens is 1. The number of aromatic amines is 1. The first-order valence-electron chi connectivity index (χ1n) is 8.71. The largest absolute Gasteiger partial charge is 0.497 e. The fourth-order valence-corrected chi connectivity index (χ4v) is 2.90. The van der Waals surface area contributed by atoms with Crippen LogP contribution >= 0.6 is 0 Å². The highest BCUT2D eigenvalue weighted by molar-refractivity contribution is 5.94. The van der Waals surface area contributed by atoms with Crippen molar-refractivity contribution in [3.63, 3.8) is 0 Å². The van der Waals surface area contributed by atoms with Gasteiger partial charge in [0.05, 0.1) is 13.2 Å². The summed E-state index contributed by atoms with van der Waals surface area (Å²) in [4.78, 5) is 29.7. The average molecular weight is 362 g/mol. The van der Waals surface area contributed by atoms with E-state index in [2.05, 4.69) is 4.98 Å². The standard InChI is InChI=1S/C22H22N2O3/c1-15(16-9-11-18(27-3)12-10-16)24(2)22(26)19-13-14-20(23-21(19)25)17-7-5-4-6-8-17/h4-15H,1-3H3,(H,23,25). The van der Waals surface area contributed by atoms with Gasteiger partial charge in [-0.05, 0) is 42.3 Å². The molecule has 0 aliphatic heterocycles. The van der Waals surface area contributed by atoms with E-state index >= 15 is 0 Å². The molecule has 0 saturated heterocycles. The minimum atomic E-state index is -0.393. The van der Waals surface area contributed by atoms with Crippen molar-refractivity contribution in [1.29, 1.82) is 0 Å². The third kappa shape index (κ3) is 3.92. The van der Waals surface area contributed by atoms with Crippen LogP contribution in [-0.2, 0) is 0 Å². The molecule has 0 aliphatic carbocycles. The zero-order valence-electron chi connectivity index (χ0n) is 15.6. The minimum Gasteiger partial charge on any atom is -0.497 e. The Morgan fingerprint density at radius 3 is 2.26 bits per heavy atom. The highest BCUT2D eigenvalue weighted by Gasteiger charge is 2.21. The van der Waals surface area contributed by atoms with Gasteiger partial charge in [-0.2, -0.15) is 0 Å².